The van der Waals surface area contributed by atoms with Crippen molar-refractivity contribution in [3.63, 3.8) is 0 Å². The molecule has 0 spiro atoms. The van der Waals surface area contributed by atoms with Gasteiger partial charge in [-0.2, -0.15) is 13.2 Å². The summed E-state index contributed by atoms with van der Waals surface area (Å²) in [5, 5.41) is 17.4. The Balaban J connectivity index is 1.07. The molecule has 1 atom stereocenters. The van der Waals surface area contributed by atoms with Crippen molar-refractivity contribution in [3.05, 3.63) is 71.0 Å². The van der Waals surface area contributed by atoms with Gasteiger partial charge in [-0.15, -0.1) is 11.3 Å². The number of hydrogen-bond donors (Lipinski definition) is 3. The third kappa shape index (κ3) is 6.51. The number of aliphatic hydroxyl groups is 1. The van der Waals surface area contributed by atoms with Crippen LogP contribution in [-0.4, -0.2) is 63.5 Å². The number of pyridine rings is 1. The van der Waals surface area contributed by atoms with Crippen LogP contribution < -0.4 is 10.6 Å². The van der Waals surface area contributed by atoms with Crippen LogP contribution >= 0.6 is 11.3 Å². The zero-order chi connectivity index (χ0) is 28.3. The topological polar surface area (TPSA) is 107 Å². The Hall–Kier alpha value is -3.35. The van der Waals surface area contributed by atoms with Crippen LogP contribution in [-0.2, 0) is 16.6 Å². The fourth-order valence-electron chi connectivity index (χ4n) is 5.39. The maximum absolute atomic E-state index is 12.9. The van der Waals surface area contributed by atoms with Gasteiger partial charge in [-0.1, -0.05) is 12.1 Å². The van der Waals surface area contributed by atoms with E-state index in [1.165, 1.54) is 17.4 Å². The van der Waals surface area contributed by atoms with E-state index in [9.17, 15) is 27.9 Å². The lowest BCUT2D eigenvalue weighted by molar-refractivity contribution is -0.137. The van der Waals surface area contributed by atoms with Gasteiger partial charge < -0.3 is 15.7 Å². The number of hydrogen-bond acceptors (Lipinski definition) is 7. The number of likely N-dealkylation sites (tertiary alicyclic amines) is 1. The summed E-state index contributed by atoms with van der Waals surface area (Å²) in [6, 6.07) is 10.00. The Morgan fingerprint density at radius 1 is 1.10 bits per heavy atom. The summed E-state index contributed by atoms with van der Waals surface area (Å²) in [4.78, 5) is 36.8. The molecule has 0 radical (unpaired) electrons. The summed E-state index contributed by atoms with van der Waals surface area (Å²) >= 11 is 1.47. The van der Waals surface area contributed by atoms with Crippen molar-refractivity contribution in [2.45, 2.75) is 56.0 Å². The monoisotopic (exact) mass is 573 g/mol. The number of halogens is 3. The lowest BCUT2D eigenvalue weighted by atomic mass is 9.82. The van der Waals surface area contributed by atoms with Gasteiger partial charge in [0, 0.05) is 43.1 Å². The van der Waals surface area contributed by atoms with E-state index in [0.29, 0.717) is 24.4 Å². The molecule has 2 aromatic heterocycles. The summed E-state index contributed by atoms with van der Waals surface area (Å²) in [5.41, 5.74) is -1.20. The minimum absolute atomic E-state index is 0.0846. The molecule has 3 N–H and O–H groups in total. The van der Waals surface area contributed by atoms with Gasteiger partial charge >= 0.3 is 6.18 Å². The van der Waals surface area contributed by atoms with Crippen LogP contribution in [0.5, 0.6) is 0 Å². The Morgan fingerprint density at radius 2 is 1.90 bits per heavy atom. The van der Waals surface area contributed by atoms with Crippen molar-refractivity contribution < 1.29 is 27.9 Å². The number of nitrogens with zero attached hydrogens (tertiary/aromatic N) is 3. The van der Waals surface area contributed by atoms with E-state index in [-0.39, 0.29) is 24.2 Å². The molecule has 3 heterocycles. The minimum Gasteiger partial charge on any atom is -0.383 e. The molecule has 1 unspecified atom stereocenters. The molecule has 8 nitrogen and oxygen atoms in total. The Kier molecular flexibility index (Phi) is 8.20. The van der Waals surface area contributed by atoms with E-state index in [0.717, 1.165) is 54.6 Å². The van der Waals surface area contributed by atoms with Gasteiger partial charge in [0.25, 0.3) is 5.91 Å². The number of alkyl halides is 3. The fourth-order valence-corrected chi connectivity index (χ4v) is 6.43. The molecule has 1 aliphatic carbocycles. The van der Waals surface area contributed by atoms with Crippen LogP contribution in [0.1, 0.15) is 53.0 Å². The van der Waals surface area contributed by atoms with E-state index < -0.39 is 29.2 Å². The van der Waals surface area contributed by atoms with Crippen molar-refractivity contribution in [1.29, 1.82) is 0 Å². The predicted molar refractivity (Wildman–Crippen MR) is 143 cm³/mol. The summed E-state index contributed by atoms with van der Waals surface area (Å²) < 4.78 is 38.7. The first-order valence-electron chi connectivity index (χ1n) is 13.2. The van der Waals surface area contributed by atoms with Crippen molar-refractivity contribution in [3.8, 4) is 10.6 Å². The van der Waals surface area contributed by atoms with Crippen LogP contribution in [0.3, 0.4) is 0 Å². The number of benzene rings is 1. The predicted octanol–water partition coefficient (Wildman–Crippen LogP) is 3.97. The van der Waals surface area contributed by atoms with Crippen molar-refractivity contribution in [1.82, 2.24) is 25.5 Å². The van der Waals surface area contributed by atoms with Gasteiger partial charge in [0.05, 0.1) is 22.7 Å². The molecule has 1 aliphatic heterocycles. The lowest BCUT2D eigenvalue weighted by Gasteiger charge is -2.38. The van der Waals surface area contributed by atoms with E-state index in [2.05, 4.69) is 25.5 Å². The van der Waals surface area contributed by atoms with Gasteiger partial charge in [-0.25, -0.2) is 4.98 Å². The third-order valence-electron chi connectivity index (χ3n) is 7.57. The third-order valence-corrected chi connectivity index (χ3v) is 8.78. The average molecular weight is 574 g/mol. The number of nitrogens with one attached hydrogen (secondary N) is 2. The quantitative estimate of drug-likeness (QED) is 0.395. The highest BCUT2D eigenvalue weighted by Crippen LogP contribution is 2.42. The van der Waals surface area contributed by atoms with Gasteiger partial charge in [-0.3, -0.25) is 19.5 Å². The summed E-state index contributed by atoms with van der Waals surface area (Å²) in [6.45, 7) is 1.15. The molecule has 40 heavy (non-hydrogen) atoms. The summed E-state index contributed by atoms with van der Waals surface area (Å²) in [6.07, 6.45) is 2.52. The molecule has 2 aliphatic rings. The number of aromatic nitrogens is 2. The largest absolute Gasteiger partial charge is 0.416 e. The maximum atomic E-state index is 12.9. The smallest absolute Gasteiger partial charge is 0.383 e. The SMILES string of the molecule is O=C(CNC(=O)c1cccc(C(F)(F)F)c1)NC1CCN(C2CCC(O)(c3ncc(-c4ccccn4)s3)CC2)C1. The van der Waals surface area contributed by atoms with Crippen LogP contribution in [0.25, 0.3) is 10.6 Å². The molecule has 3 aromatic rings. The van der Waals surface area contributed by atoms with E-state index in [4.69, 9.17) is 0 Å². The highest BCUT2D eigenvalue weighted by molar-refractivity contribution is 7.15. The molecular weight excluding hydrogens is 543 g/mol. The number of carbonyl (C=O) groups excluding carboxylic acids is 2. The lowest BCUT2D eigenvalue weighted by Crippen LogP contribution is -2.45. The second-order valence-corrected chi connectivity index (χ2v) is 11.3. The van der Waals surface area contributed by atoms with E-state index in [1.807, 2.05) is 18.2 Å². The molecule has 1 saturated carbocycles. The van der Waals surface area contributed by atoms with Crippen molar-refractivity contribution in [2.75, 3.05) is 19.6 Å². The van der Waals surface area contributed by atoms with Gasteiger partial charge in [0.1, 0.15) is 10.6 Å². The molecule has 12 heteroatoms. The first kappa shape index (κ1) is 28.2. The van der Waals surface area contributed by atoms with Crippen LogP contribution in [0.4, 0.5) is 13.2 Å². The molecule has 2 amide bonds. The highest BCUT2D eigenvalue weighted by atomic mass is 32.1. The van der Waals surface area contributed by atoms with Gasteiger partial charge in [-0.05, 0) is 62.4 Å². The average Bonchev–Trinajstić information content (AvgIpc) is 3.63. The molecule has 2 fully saturated rings. The maximum Gasteiger partial charge on any atom is 0.416 e. The second-order valence-electron chi connectivity index (χ2n) is 10.3. The summed E-state index contributed by atoms with van der Waals surface area (Å²) in [7, 11) is 0. The second kappa shape index (κ2) is 11.6. The van der Waals surface area contributed by atoms with Crippen LogP contribution in [0.2, 0.25) is 0 Å². The first-order valence-corrected chi connectivity index (χ1v) is 14.0. The Bertz CT molecular complexity index is 1340. The molecule has 1 saturated heterocycles. The normalized spacial score (nSPS) is 23.6. The number of rotatable bonds is 7. The highest BCUT2D eigenvalue weighted by Gasteiger charge is 2.40. The van der Waals surface area contributed by atoms with Crippen LogP contribution in [0.15, 0.2) is 54.9 Å². The molecule has 0 bridgehead atoms. The fraction of sp³-hybridized carbons (Fsp3) is 0.429. The standard InChI is InChI=1S/C28H30F3N5O3S/c29-28(30,31)19-5-3-4-18(14-19)25(38)33-16-24(37)35-20-9-13-36(17-20)21-7-10-27(39,11-8-21)26-34-15-23(40-26)22-6-1-2-12-32-22/h1-6,12,14-15,20-21,39H,7-11,13,16-17H2,(H,33,38)(H,35,37). The zero-order valence-corrected chi connectivity index (χ0v) is 22.5. The zero-order valence-electron chi connectivity index (χ0n) is 21.7. The summed E-state index contributed by atoms with van der Waals surface area (Å²) in [5.74, 6) is -1.13. The van der Waals surface area contributed by atoms with Gasteiger partial charge in [0.15, 0.2) is 0 Å². The Labute approximate surface area is 233 Å². The van der Waals surface area contributed by atoms with E-state index in [1.54, 1.807) is 12.4 Å². The Morgan fingerprint density at radius 3 is 2.62 bits per heavy atom. The molecular formula is C28H30F3N5O3S. The minimum atomic E-state index is -4.55. The van der Waals surface area contributed by atoms with E-state index >= 15 is 0 Å². The van der Waals surface area contributed by atoms with Gasteiger partial charge in [0.2, 0.25) is 5.91 Å². The number of carbonyl (C=O) groups is 2. The molecule has 5 rings (SSSR count). The molecule has 1 aromatic carbocycles. The first-order chi connectivity index (χ1) is 19.1. The molecule has 212 valence electrons. The number of amides is 2. The van der Waals surface area contributed by atoms with Crippen molar-refractivity contribution >= 4 is 23.2 Å². The number of thiazole rings is 1. The van der Waals surface area contributed by atoms with Crippen LogP contribution in [0, 0.1) is 0 Å². The van der Waals surface area contributed by atoms with Crippen molar-refractivity contribution in [2.24, 2.45) is 0 Å².